The molecule has 3 nitrogen and oxygen atoms in total. The topological polar surface area (TPSA) is 23.6 Å². The van der Waals surface area contributed by atoms with E-state index in [0.29, 0.717) is 6.54 Å². The number of carbonyl (C=O) groups is 1. The number of hydrogen-bond donors (Lipinski definition) is 0. The first-order chi connectivity index (χ1) is 11.1. The second-order valence-corrected chi connectivity index (χ2v) is 7.38. The van der Waals surface area contributed by atoms with Gasteiger partial charge in [-0.15, -0.1) is 36.2 Å². The molecule has 0 spiro atoms. The Balaban J connectivity index is 0.00000156. The molecule has 25 heavy (non-hydrogen) atoms. The van der Waals surface area contributed by atoms with Crippen molar-refractivity contribution in [2.24, 2.45) is 0 Å². The Morgan fingerprint density at radius 3 is 2.40 bits per heavy atom. The molecule has 1 aromatic heterocycles. The van der Waals surface area contributed by atoms with Crippen molar-refractivity contribution in [2.75, 3.05) is 32.7 Å². The van der Waals surface area contributed by atoms with Crippen LogP contribution in [0.5, 0.6) is 0 Å². The van der Waals surface area contributed by atoms with Crippen molar-refractivity contribution in [2.45, 2.75) is 13.5 Å². The summed E-state index contributed by atoms with van der Waals surface area (Å²) >= 11 is 7.92. The fraction of sp³-hybridized carbons (Fsp3) is 0.389. The van der Waals surface area contributed by atoms with Gasteiger partial charge in [-0.1, -0.05) is 29.8 Å². The van der Waals surface area contributed by atoms with Gasteiger partial charge in [-0.3, -0.25) is 14.6 Å². The molecule has 0 radical (unpaired) electrons. The van der Waals surface area contributed by atoms with Crippen molar-refractivity contribution in [1.29, 1.82) is 0 Å². The minimum absolute atomic E-state index is 0. The highest BCUT2D eigenvalue weighted by Crippen LogP contribution is 2.33. The molecule has 0 amide bonds. The van der Waals surface area contributed by atoms with Gasteiger partial charge in [0, 0.05) is 32.7 Å². The van der Waals surface area contributed by atoms with Gasteiger partial charge < -0.3 is 0 Å². The average Bonchev–Trinajstić information content (AvgIpc) is 2.95. The largest absolute Gasteiger partial charge is 0.299 e. The van der Waals surface area contributed by atoms with Crippen molar-refractivity contribution in [1.82, 2.24) is 9.80 Å². The van der Waals surface area contributed by atoms with Crippen molar-refractivity contribution >= 4 is 53.5 Å². The quantitative estimate of drug-likeness (QED) is 0.704. The number of ketones is 1. The molecule has 3 rings (SSSR count). The maximum Gasteiger partial charge on any atom is 0.143 e. The number of Topliss-reactive ketones (excluding diaryl/α,β-unsaturated/α-hetero) is 1. The van der Waals surface area contributed by atoms with E-state index in [1.165, 1.54) is 11.1 Å². The normalized spacial score (nSPS) is 15.3. The Morgan fingerprint density at radius 1 is 1.12 bits per heavy atom. The zero-order valence-electron chi connectivity index (χ0n) is 14.1. The zero-order chi connectivity index (χ0) is 16.2. The summed E-state index contributed by atoms with van der Waals surface area (Å²) in [5.74, 6) is 0.249. The third-order valence-electron chi connectivity index (χ3n) is 4.12. The maximum atomic E-state index is 11.2. The van der Waals surface area contributed by atoms with Crippen molar-refractivity contribution < 1.29 is 4.79 Å². The van der Waals surface area contributed by atoms with Crippen molar-refractivity contribution in [3.63, 3.8) is 0 Å². The lowest BCUT2D eigenvalue weighted by Crippen LogP contribution is -2.47. The summed E-state index contributed by atoms with van der Waals surface area (Å²) in [6, 6.07) is 10.6. The highest BCUT2D eigenvalue weighted by molar-refractivity contribution is 7.14. The van der Waals surface area contributed by atoms with Crippen LogP contribution < -0.4 is 0 Å². The van der Waals surface area contributed by atoms with Crippen LogP contribution in [0, 0.1) is 0 Å². The van der Waals surface area contributed by atoms with E-state index < -0.39 is 0 Å². The molecule has 1 aliphatic heterocycles. The number of hydrogen-bond acceptors (Lipinski definition) is 4. The predicted octanol–water partition coefficient (Wildman–Crippen LogP) is 4.62. The van der Waals surface area contributed by atoms with Crippen molar-refractivity contribution in [3.05, 3.63) is 46.3 Å². The summed E-state index contributed by atoms with van der Waals surface area (Å²) in [4.78, 5) is 17.0. The molecule has 1 saturated heterocycles. The third kappa shape index (κ3) is 6.24. The summed E-state index contributed by atoms with van der Waals surface area (Å²) in [6.45, 7) is 7.15. The minimum atomic E-state index is 0. The summed E-state index contributed by atoms with van der Waals surface area (Å²) in [5.41, 5.74) is 2.50. The Labute approximate surface area is 170 Å². The van der Waals surface area contributed by atoms with Crippen LogP contribution in [0.4, 0.5) is 0 Å². The van der Waals surface area contributed by atoms with Gasteiger partial charge in [0.05, 0.1) is 16.4 Å². The molecule has 2 aromatic rings. The van der Waals surface area contributed by atoms with Crippen LogP contribution in [0.2, 0.25) is 5.02 Å². The van der Waals surface area contributed by atoms with E-state index in [-0.39, 0.29) is 30.6 Å². The van der Waals surface area contributed by atoms with Gasteiger partial charge in [-0.25, -0.2) is 0 Å². The first kappa shape index (κ1) is 22.4. The lowest BCUT2D eigenvalue weighted by molar-refractivity contribution is -0.118. The van der Waals surface area contributed by atoms with E-state index in [2.05, 4.69) is 34.1 Å². The highest BCUT2D eigenvalue weighted by Gasteiger charge is 2.18. The molecular weight excluding hydrogens is 399 g/mol. The summed E-state index contributed by atoms with van der Waals surface area (Å²) < 4.78 is 0. The molecule has 0 N–H and O–H groups in total. The molecule has 0 atom stereocenters. The van der Waals surface area contributed by atoms with E-state index in [9.17, 15) is 4.79 Å². The maximum absolute atomic E-state index is 11.2. The van der Waals surface area contributed by atoms with Gasteiger partial charge in [0.25, 0.3) is 0 Å². The Hall–Kier alpha value is -0.620. The number of rotatable bonds is 5. The molecule has 1 fully saturated rings. The highest BCUT2D eigenvalue weighted by atomic mass is 35.5. The summed E-state index contributed by atoms with van der Waals surface area (Å²) in [6.07, 6.45) is 0. The molecule has 2 heterocycles. The molecule has 138 valence electrons. The van der Waals surface area contributed by atoms with Gasteiger partial charge in [0.2, 0.25) is 0 Å². The van der Waals surface area contributed by atoms with Crippen LogP contribution in [0.3, 0.4) is 0 Å². The third-order valence-corrected chi connectivity index (χ3v) is 5.51. The van der Waals surface area contributed by atoms with Gasteiger partial charge in [0.15, 0.2) is 0 Å². The van der Waals surface area contributed by atoms with Crippen molar-refractivity contribution in [3.8, 4) is 10.4 Å². The van der Waals surface area contributed by atoms with Gasteiger partial charge in [0.1, 0.15) is 5.78 Å². The zero-order valence-corrected chi connectivity index (χ0v) is 17.3. The minimum Gasteiger partial charge on any atom is -0.299 e. The Kier molecular flexibility index (Phi) is 9.43. The molecule has 7 heteroatoms. The fourth-order valence-corrected chi connectivity index (χ4v) is 4.15. The first-order valence-electron chi connectivity index (χ1n) is 7.88. The Morgan fingerprint density at radius 2 is 1.80 bits per heavy atom. The van der Waals surface area contributed by atoms with E-state index in [1.807, 2.05) is 11.4 Å². The van der Waals surface area contributed by atoms with Crippen LogP contribution in [-0.2, 0) is 11.3 Å². The predicted molar refractivity (Wildman–Crippen MR) is 112 cm³/mol. The monoisotopic (exact) mass is 420 g/mol. The van der Waals surface area contributed by atoms with Crippen LogP contribution in [0.25, 0.3) is 10.4 Å². The molecule has 1 aromatic carbocycles. The lowest BCUT2D eigenvalue weighted by Gasteiger charge is -2.34. The van der Waals surface area contributed by atoms with E-state index >= 15 is 0 Å². The number of carbonyl (C=O) groups excluding carboxylic acids is 1. The number of piperazine rings is 1. The summed E-state index contributed by atoms with van der Waals surface area (Å²) in [5, 5.41) is 2.85. The van der Waals surface area contributed by atoms with Gasteiger partial charge >= 0.3 is 0 Å². The molecule has 0 bridgehead atoms. The van der Waals surface area contributed by atoms with Crippen LogP contribution in [-0.4, -0.2) is 48.3 Å². The van der Waals surface area contributed by atoms with Gasteiger partial charge in [-0.2, -0.15) is 0 Å². The molecule has 0 unspecified atom stereocenters. The SMILES string of the molecule is CC(=O)CN1CCN(Cc2cccc(-c3sccc3Cl)c2)CC1.Cl.Cl. The number of nitrogens with zero attached hydrogens (tertiary/aromatic N) is 2. The molecule has 1 aliphatic rings. The molecule has 0 saturated carbocycles. The smallest absolute Gasteiger partial charge is 0.143 e. The lowest BCUT2D eigenvalue weighted by atomic mass is 10.1. The second kappa shape index (κ2) is 10.5. The molecular formula is C18H23Cl3N2OS. The van der Waals surface area contributed by atoms with E-state index in [0.717, 1.165) is 42.6 Å². The standard InChI is InChI=1S/C18H21ClN2OS.2ClH/c1-14(22)12-20-6-8-21(9-7-20)13-15-3-2-4-16(11-15)18-17(19)5-10-23-18;;/h2-5,10-11H,6-9,12-13H2,1H3;2*1H. The van der Waals surface area contributed by atoms with Crippen LogP contribution >= 0.6 is 47.8 Å². The second-order valence-electron chi connectivity index (χ2n) is 6.05. The number of halogens is 3. The first-order valence-corrected chi connectivity index (χ1v) is 9.14. The van der Waals surface area contributed by atoms with E-state index in [1.54, 1.807) is 18.3 Å². The number of thiophene rings is 1. The number of benzene rings is 1. The van der Waals surface area contributed by atoms with Crippen LogP contribution in [0.1, 0.15) is 12.5 Å². The Bertz CT molecular complexity index is 684. The molecule has 0 aliphatic carbocycles. The summed E-state index contributed by atoms with van der Waals surface area (Å²) in [7, 11) is 0. The van der Waals surface area contributed by atoms with Crippen LogP contribution in [0.15, 0.2) is 35.7 Å². The average molecular weight is 422 g/mol. The van der Waals surface area contributed by atoms with Gasteiger partial charge in [-0.05, 0) is 35.6 Å². The fourth-order valence-electron chi connectivity index (χ4n) is 2.99. The van der Waals surface area contributed by atoms with E-state index in [4.69, 9.17) is 11.6 Å².